The van der Waals surface area contributed by atoms with Gasteiger partial charge in [0, 0.05) is 29.3 Å². The summed E-state index contributed by atoms with van der Waals surface area (Å²) in [6.45, 7) is 4.20. The Kier molecular flexibility index (Phi) is 4.46. The van der Waals surface area contributed by atoms with Gasteiger partial charge in [0.05, 0.1) is 5.76 Å². The van der Waals surface area contributed by atoms with Gasteiger partial charge >= 0.3 is 0 Å². The van der Waals surface area contributed by atoms with Gasteiger partial charge in [0.15, 0.2) is 5.78 Å². The molecular weight excluding hydrogens is 304 g/mol. The smallest absolute Gasteiger partial charge is 0.162 e. The van der Waals surface area contributed by atoms with Crippen LogP contribution < -0.4 is 0 Å². The molecule has 0 spiro atoms. The van der Waals surface area contributed by atoms with Gasteiger partial charge in [-0.25, -0.2) is 0 Å². The molecule has 0 saturated carbocycles. The Hall–Kier alpha value is -1.09. The van der Waals surface area contributed by atoms with Crippen LogP contribution >= 0.6 is 15.9 Å². The molecule has 1 atom stereocenters. The van der Waals surface area contributed by atoms with Crippen molar-refractivity contribution in [3.63, 3.8) is 0 Å². The van der Waals surface area contributed by atoms with Gasteiger partial charge < -0.3 is 5.11 Å². The molecule has 1 N–H and O–H groups in total. The van der Waals surface area contributed by atoms with E-state index in [1.807, 2.05) is 24.3 Å². The van der Waals surface area contributed by atoms with Crippen molar-refractivity contribution in [2.45, 2.75) is 33.1 Å². The van der Waals surface area contributed by atoms with Gasteiger partial charge in [0.25, 0.3) is 0 Å². The number of hydrogen-bond acceptors (Lipinski definition) is 2. The van der Waals surface area contributed by atoms with Crippen LogP contribution in [0.5, 0.6) is 0 Å². The summed E-state index contributed by atoms with van der Waals surface area (Å²) < 4.78 is 0.981. The van der Waals surface area contributed by atoms with Crippen LogP contribution in [-0.2, 0) is 11.2 Å². The molecule has 3 heteroatoms. The van der Waals surface area contributed by atoms with E-state index in [0.29, 0.717) is 30.8 Å². The predicted octanol–water partition coefficient (Wildman–Crippen LogP) is 4.44. The van der Waals surface area contributed by atoms with Crippen molar-refractivity contribution in [2.24, 2.45) is 11.8 Å². The Morgan fingerprint density at radius 2 is 2.00 bits per heavy atom. The molecule has 0 aromatic heterocycles. The van der Waals surface area contributed by atoms with Crippen molar-refractivity contribution in [1.29, 1.82) is 0 Å². The van der Waals surface area contributed by atoms with E-state index >= 15 is 0 Å². The van der Waals surface area contributed by atoms with Gasteiger partial charge in [-0.1, -0.05) is 48.0 Å². The van der Waals surface area contributed by atoms with Crippen LogP contribution in [0.4, 0.5) is 0 Å². The Balaban J connectivity index is 2.23. The Morgan fingerprint density at radius 3 is 2.58 bits per heavy atom. The fourth-order valence-electron chi connectivity index (χ4n) is 2.47. The van der Waals surface area contributed by atoms with Crippen LogP contribution in [0, 0.1) is 11.8 Å². The topological polar surface area (TPSA) is 37.3 Å². The van der Waals surface area contributed by atoms with E-state index in [0.717, 1.165) is 10.0 Å². The minimum atomic E-state index is 0.0956. The summed E-state index contributed by atoms with van der Waals surface area (Å²) in [5.41, 5.74) is 1.63. The van der Waals surface area contributed by atoms with Gasteiger partial charge in [0.2, 0.25) is 0 Å². The highest BCUT2D eigenvalue weighted by Crippen LogP contribution is 2.33. The van der Waals surface area contributed by atoms with E-state index in [1.165, 1.54) is 0 Å². The SMILES string of the molecule is CC(C)C1CC(=O)C(Cc2ccccc2Br)=C(O)C1. The summed E-state index contributed by atoms with van der Waals surface area (Å²) in [7, 11) is 0. The maximum atomic E-state index is 12.2. The largest absolute Gasteiger partial charge is 0.512 e. The number of allylic oxidation sites excluding steroid dienone is 2. The van der Waals surface area contributed by atoms with E-state index in [9.17, 15) is 9.90 Å². The minimum absolute atomic E-state index is 0.0956. The van der Waals surface area contributed by atoms with Crippen LogP contribution in [-0.4, -0.2) is 10.9 Å². The number of hydrogen-bond donors (Lipinski definition) is 1. The maximum Gasteiger partial charge on any atom is 0.162 e. The van der Waals surface area contributed by atoms with Crippen LogP contribution in [0.1, 0.15) is 32.3 Å². The second kappa shape index (κ2) is 5.91. The lowest BCUT2D eigenvalue weighted by Crippen LogP contribution is -2.24. The molecule has 1 aromatic rings. The maximum absolute atomic E-state index is 12.2. The molecule has 1 aliphatic rings. The van der Waals surface area contributed by atoms with Gasteiger partial charge in [-0.3, -0.25) is 4.79 Å². The summed E-state index contributed by atoms with van der Waals surface area (Å²) in [6.07, 6.45) is 1.70. The van der Waals surface area contributed by atoms with Crippen molar-refractivity contribution >= 4 is 21.7 Å². The zero-order valence-corrected chi connectivity index (χ0v) is 12.9. The van der Waals surface area contributed by atoms with E-state index in [2.05, 4.69) is 29.8 Å². The summed E-state index contributed by atoms with van der Waals surface area (Å²) in [5, 5.41) is 10.2. The highest BCUT2D eigenvalue weighted by atomic mass is 79.9. The Labute approximate surface area is 122 Å². The fourth-order valence-corrected chi connectivity index (χ4v) is 2.90. The lowest BCUT2D eigenvalue weighted by atomic mass is 9.79. The molecule has 0 aliphatic heterocycles. The number of aliphatic hydroxyl groups excluding tert-OH is 1. The number of carbonyl (C=O) groups is 1. The first-order valence-electron chi connectivity index (χ1n) is 6.66. The number of carbonyl (C=O) groups excluding carboxylic acids is 1. The fraction of sp³-hybridized carbons (Fsp3) is 0.438. The number of rotatable bonds is 3. The summed E-state index contributed by atoms with van der Waals surface area (Å²) >= 11 is 3.48. The average Bonchev–Trinajstić information content (AvgIpc) is 2.35. The number of halogens is 1. The van der Waals surface area contributed by atoms with Gasteiger partial charge in [0.1, 0.15) is 0 Å². The van der Waals surface area contributed by atoms with Crippen LogP contribution in [0.3, 0.4) is 0 Å². The monoisotopic (exact) mass is 322 g/mol. The molecule has 0 saturated heterocycles. The normalized spacial score (nSPS) is 20.2. The summed E-state index contributed by atoms with van der Waals surface area (Å²) in [6, 6.07) is 7.82. The van der Waals surface area contributed by atoms with E-state index < -0.39 is 0 Å². The highest BCUT2D eigenvalue weighted by Gasteiger charge is 2.29. The number of Topliss-reactive ketones (excluding diaryl/α,β-unsaturated/α-hetero) is 1. The average molecular weight is 323 g/mol. The highest BCUT2D eigenvalue weighted by molar-refractivity contribution is 9.10. The van der Waals surface area contributed by atoms with Crippen molar-refractivity contribution in [2.75, 3.05) is 0 Å². The summed E-state index contributed by atoms with van der Waals surface area (Å²) in [4.78, 5) is 12.2. The zero-order valence-electron chi connectivity index (χ0n) is 11.3. The molecule has 1 aromatic carbocycles. The Bertz CT molecular complexity index is 517. The van der Waals surface area contributed by atoms with Crippen molar-refractivity contribution in [3.8, 4) is 0 Å². The second-order valence-corrected chi connectivity index (χ2v) is 6.38. The minimum Gasteiger partial charge on any atom is -0.512 e. The standard InChI is InChI=1S/C16H19BrO2/c1-10(2)12-8-15(18)13(16(19)9-12)7-11-5-3-4-6-14(11)17/h3-6,10,12,18H,7-9H2,1-2H3. The molecule has 2 nitrogen and oxygen atoms in total. The number of aliphatic hydroxyl groups is 1. The van der Waals surface area contributed by atoms with Crippen molar-refractivity contribution in [1.82, 2.24) is 0 Å². The first kappa shape index (κ1) is 14.3. The van der Waals surface area contributed by atoms with Crippen LogP contribution in [0.15, 0.2) is 40.1 Å². The van der Waals surface area contributed by atoms with Crippen molar-refractivity contribution in [3.05, 3.63) is 45.6 Å². The lowest BCUT2D eigenvalue weighted by molar-refractivity contribution is -0.117. The third-order valence-corrected chi connectivity index (χ3v) is 4.63. The molecule has 0 bridgehead atoms. The molecule has 19 heavy (non-hydrogen) atoms. The third kappa shape index (κ3) is 3.27. The molecule has 0 fully saturated rings. The molecular formula is C16H19BrO2. The van der Waals surface area contributed by atoms with Crippen LogP contribution in [0.25, 0.3) is 0 Å². The molecule has 0 heterocycles. The first-order chi connectivity index (χ1) is 8.99. The van der Waals surface area contributed by atoms with Gasteiger partial charge in [-0.15, -0.1) is 0 Å². The van der Waals surface area contributed by atoms with E-state index in [-0.39, 0.29) is 17.5 Å². The molecule has 0 amide bonds. The summed E-state index contributed by atoms with van der Waals surface area (Å²) in [5.74, 6) is 1.08. The zero-order chi connectivity index (χ0) is 14.0. The third-order valence-electron chi connectivity index (χ3n) is 3.86. The van der Waals surface area contributed by atoms with Gasteiger partial charge in [-0.2, -0.15) is 0 Å². The Morgan fingerprint density at radius 1 is 1.32 bits per heavy atom. The molecule has 2 rings (SSSR count). The van der Waals surface area contributed by atoms with E-state index in [1.54, 1.807) is 0 Å². The van der Waals surface area contributed by atoms with Crippen LogP contribution in [0.2, 0.25) is 0 Å². The first-order valence-corrected chi connectivity index (χ1v) is 7.46. The van der Waals surface area contributed by atoms with Gasteiger partial charge in [-0.05, 0) is 23.5 Å². The second-order valence-electron chi connectivity index (χ2n) is 5.53. The molecule has 102 valence electrons. The molecule has 1 unspecified atom stereocenters. The predicted molar refractivity (Wildman–Crippen MR) is 80.1 cm³/mol. The quantitative estimate of drug-likeness (QED) is 0.893. The lowest BCUT2D eigenvalue weighted by Gasteiger charge is -2.26. The number of ketones is 1. The molecule has 1 aliphatic carbocycles. The molecule has 0 radical (unpaired) electrons. The van der Waals surface area contributed by atoms with E-state index in [4.69, 9.17) is 0 Å². The number of benzene rings is 1. The van der Waals surface area contributed by atoms with Crippen molar-refractivity contribution < 1.29 is 9.90 Å².